The second-order valence-corrected chi connectivity index (χ2v) is 7.26. The van der Waals surface area contributed by atoms with Crippen LogP contribution in [0.4, 0.5) is 4.39 Å². The lowest BCUT2D eigenvalue weighted by Crippen LogP contribution is -1.96. The molecule has 0 aliphatic rings. The summed E-state index contributed by atoms with van der Waals surface area (Å²) in [5.41, 5.74) is 3.33. The minimum Gasteiger partial charge on any atom is -0.206 e. The van der Waals surface area contributed by atoms with Crippen LogP contribution in [0.1, 0.15) is 27.6 Å². The van der Waals surface area contributed by atoms with Crippen LogP contribution in [0, 0.1) is 22.5 Å². The van der Waals surface area contributed by atoms with Gasteiger partial charge in [0.05, 0.1) is 8.26 Å². The Labute approximate surface area is 123 Å². The summed E-state index contributed by atoms with van der Waals surface area (Å²) in [5, 5.41) is 1.85. The normalized spacial score (nSPS) is 12.8. The first-order chi connectivity index (χ1) is 7.99. The van der Waals surface area contributed by atoms with Crippen LogP contribution < -0.4 is 0 Å². The van der Waals surface area contributed by atoms with Crippen molar-refractivity contribution in [2.75, 3.05) is 0 Å². The van der Waals surface area contributed by atoms with E-state index in [1.807, 2.05) is 17.5 Å². The molecule has 4 heteroatoms. The van der Waals surface area contributed by atoms with E-state index in [9.17, 15) is 4.39 Å². The van der Waals surface area contributed by atoms with E-state index in [-0.39, 0.29) is 11.2 Å². The third-order valence-electron chi connectivity index (χ3n) is 2.63. The molecule has 0 N–H and O–H groups in total. The summed E-state index contributed by atoms with van der Waals surface area (Å²) in [6, 6.07) is 5.71. The molecule has 17 heavy (non-hydrogen) atoms. The van der Waals surface area contributed by atoms with E-state index in [1.54, 1.807) is 25.2 Å². The van der Waals surface area contributed by atoms with Gasteiger partial charge in [0.15, 0.2) is 0 Å². The van der Waals surface area contributed by atoms with Crippen LogP contribution in [0.25, 0.3) is 0 Å². The Morgan fingerprint density at radius 1 is 1.18 bits per heavy atom. The van der Waals surface area contributed by atoms with E-state index in [0.29, 0.717) is 11.1 Å². The van der Waals surface area contributed by atoms with Gasteiger partial charge in [-0.2, -0.15) is 0 Å². The van der Waals surface area contributed by atoms with Crippen LogP contribution in [0.5, 0.6) is 0 Å². The van der Waals surface area contributed by atoms with Crippen molar-refractivity contribution in [3.8, 4) is 0 Å². The van der Waals surface area contributed by atoms with Crippen molar-refractivity contribution in [3.63, 3.8) is 0 Å². The van der Waals surface area contributed by atoms with Gasteiger partial charge in [0.1, 0.15) is 5.82 Å². The van der Waals surface area contributed by atoms with E-state index in [0.717, 1.165) is 11.1 Å². The third-order valence-corrected chi connectivity index (χ3v) is 4.94. The molecule has 90 valence electrons. The van der Waals surface area contributed by atoms with E-state index >= 15 is 0 Å². The fraction of sp³-hybridized carbons (Fsp3) is 0.231. The molecule has 0 aliphatic carbocycles. The van der Waals surface area contributed by atoms with Gasteiger partial charge in [-0.25, -0.2) is 4.39 Å². The number of hydrogen-bond donors (Lipinski definition) is 0. The molecule has 0 bridgehead atoms. The molecule has 0 nitrogen and oxygen atoms in total. The number of alkyl halides is 1. The number of rotatable bonds is 2. The summed E-state index contributed by atoms with van der Waals surface area (Å²) in [4.78, 5) is 0. The van der Waals surface area contributed by atoms with Crippen molar-refractivity contribution >= 4 is 45.5 Å². The summed E-state index contributed by atoms with van der Waals surface area (Å²) in [6.45, 7) is 3.54. The first-order valence-electron chi connectivity index (χ1n) is 5.13. The zero-order valence-corrected chi connectivity index (χ0v) is 13.2. The molecule has 2 rings (SSSR count). The highest BCUT2D eigenvalue weighted by Gasteiger charge is 2.15. The lowest BCUT2D eigenvalue weighted by atomic mass is 10.0. The van der Waals surface area contributed by atoms with Crippen LogP contribution >= 0.6 is 45.5 Å². The summed E-state index contributed by atoms with van der Waals surface area (Å²) in [6.07, 6.45) is 0. The quantitative estimate of drug-likeness (QED) is 0.481. The van der Waals surface area contributed by atoms with Crippen molar-refractivity contribution < 1.29 is 4.39 Å². The van der Waals surface area contributed by atoms with Gasteiger partial charge in [0.2, 0.25) is 0 Å². The smallest absolute Gasteiger partial charge is 0.129 e. The molecule has 0 amide bonds. The molecule has 1 atom stereocenters. The van der Waals surface area contributed by atoms with Crippen LogP contribution in [-0.2, 0) is 0 Å². The zero-order valence-electron chi connectivity index (χ0n) is 9.43. The predicted octanol–water partition coefficient (Wildman–Crippen LogP) is 5.44. The summed E-state index contributed by atoms with van der Waals surface area (Å²) < 4.78 is 14.7. The van der Waals surface area contributed by atoms with Crippen molar-refractivity contribution in [2.24, 2.45) is 0 Å². The average molecular weight is 381 g/mol. The van der Waals surface area contributed by atoms with Gasteiger partial charge in [-0.3, -0.25) is 0 Å². The highest BCUT2D eigenvalue weighted by molar-refractivity contribution is 14.1. The van der Waals surface area contributed by atoms with E-state index in [4.69, 9.17) is 11.6 Å². The van der Waals surface area contributed by atoms with Gasteiger partial charge in [0.25, 0.3) is 0 Å². The summed E-state index contributed by atoms with van der Waals surface area (Å²) >= 11 is 10.4. The Morgan fingerprint density at radius 2 is 1.76 bits per heavy atom. The van der Waals surface area contributed by atoms with E-state index in [2.05, 4.69) is 28.7 Å². The SMILES string of the molecule is Cc1cc(C(Cl)c2csc(I)c2)cc(C)c1F. The highest BCUT2D eigenvalue weighted by atomic mass is 127. The first kappa shape index (κ1) is 13.3. The molecule has 0 radical (unpaired) electrons. The monoisotopic (exact) mass is 380 g/mol. The average Bonchev–Trinajstić information content (AvgIpc) is 2.71. The fourth-order valence-corrected chi connectivity index (χ4v) is 3.50. The van der Waals surface area contributed by atoms with Gasteiger partial charge >= 0.3 is 0 Å². The fourth-order valence-electron chi connectivity index (χ4n) is 1.77. The molecule has 0 fully saturated rings. The molecular formula is C13H11ClFIS. The maximum Gasteiger partial charge on any atom is 0.129 e. The number of benzene rings is 1. The first-order valence-corrected chi connectivity index (χ1v) is 7.53. The number of thiophene rings is 1. The molecule has 1 aromatic heterocycles. The van der Waals surface area contributed by atoms with Crippen molar-refractivity contribution in [1.82, 2.24) is 0 Å². The van der Waals surface area contributed by atoms with Crippen LogP contribution in [0.3, 0.4) is 0 Å². The van der Waals surface area contributed by atoms with Gasteiger partial charge in [-0.05, 0) is 70.1 Å². The van der Waals surface area contributed by atoms with Crippen LogP contribution in [-0.4, -0.2) is 0 Å². The number of hydrogen-bond acceptors (Lipinski definition) is 1. The molecule has 2 aromatic rings. The highest BCUT2D eigenvalue weighted by Crippen LogP contribution is 2.33. The molecule has 1 unspecified atom stereocenters. The minimum atomic E-state index is -0.201. The second-order valence-electron chi connectivity index (χ2n) is 4.02. The van der Waals surface area contributed by atoms with Gasteiger partial charge < -0.3 is 0 Å². The van der Waals surface area contributed by atoms with Gasteiger partial charge in [0, 0.05) is 0 Å². The molecule has 0 aliphatic heterocycles. The third kappa shape index (κ3) is 2.83. The standard InChI is InChI=1S/C13H11ClFIS/c1-7-3-9(4-8(2)13(7)15)12(14)10-5-11(16)17-6-10/h3-6,12H,1-2H3. The van der Waals surface area contributed by atoms with Crippen LogP contribution in [0.2, 0.25) is 0 Å². The number of halogens is 3. The molecular weight excluding hydrogens is 370 g/mol. The molecule has 0 saturated heterocycles. The molecule has 0 spiro atoms. The minimum absolute atomic E-state index is 0.141. The number of aryl methyl sites for hydroxylation is 2. The summed E-state index contributed by atoms with van der Waals surface area (Å²) in [5.74, 6) is -0.141. The largest absolute Gasteiger partial charge is 0.206 e. The lowest BCUT2D eigenvalue weighted by molar-refractivity contribution is 0.608. The Kier molecular flexibility index (Phi) is 4.10. The van der Waals surface area contributed by atoms with E-state index in [1.165, 1.54) is 2.88 Å². The van der Waals surface area contributed by atoms with Crippen molar-refractivity contribution in [2.45, 2.75) is 19.2 Å². The van der Waals surface area contributed by atoms with Gasteiger partial charge in [-0.15, -0.1) is 22.9 Å². The van der Waals surface area contributed by atoms with Crippen LogP contribution in [0.15, 0.2) is 23.6 Å². The Balaban J connectivity index is 2.41. The second kappa shape index (κ2) is 5.24. The van der Waals surface area contributed by atoms with Gasteiger partial charge in [-0.1, -0.05) is 12.1 Å². The predicted molar refractivity (Wildman–Crippen MR) is 80.6 cm³/mol. The zero-order chi connectivity index (χ0) is 12.6. The molecule has 1 aromatic carbocycles. The Hall–Kier alpha value is -0.130. The molecule has 1 heterocycles. The summed E-state index contributed by atoms with van der Waals surface area (Å²) in [7, 11) is 0. The maximum absolute atomic E-state index is 13.5. The lowest BCUT2D eigenvalue weighted by Gasteiger charge is -2.11. The molecule has 0 saturated carbocycles. The Morgan fingerprint density at radius 3 is 2.24 bits per heavy atom. The van der Waals surface area contributed by atoms with E-state index < -0.39 is 0 Å². The van der Waals surface area contributed by atoms with Crippen molar-refractivity contribution in [1.29, 1.82) is 0 Å². The maximum atomic E-state index is 13.5. The topological polar surface area (TPSA) is 0 Å². The van der Waals surface area contributed by atoms with Crippen molar-refractivity contribution in [3.05, 3.63) is 54.5 Å². The Bertz CT molecular complexity index is 527.